The molecule has 0 aliphatic rings. The lowest BCUT2D eigenvalue weighted by molar-refractivity contribution is 0.169. The van der Waals surface area contributed by atoms with E-state index >= 15 is 0 Å². The van der Waals surface area contributed by atoms with E-state index in [0.717, 1.165) is 17.1 Å². The monoisotopic (exact) mass is 157 g/mol. The van der Waals surface area contributed by atoms with Crippen LogP contribution in [0.3, 0.4) is 0 Å². The van der Waals surface area contributed by atoms with Crippen molar-refractivity contribution in [2.45, 2.75) is 26.4 Å². The maximum absolute atomic E-state index is 9.29. The van der Waals surface area contributed by atoms with Crippen LogP contribution in [0, 0.1) is 6.92 Å². The molecule has 1 aromatic rings. The SMILES string of the molecule is CCC(O)c1csc(C)n1. The summed E-state index contributed by atoms with van der Waals surface area (Å²) < 4.78 is 0. The fourth-order valence-corrected chi connectivity index (χ4v) is 1.40. The molecule has 3 heteroatoms. The molecule has 0 saturated carbocycles. The Kier molecular flexibility index (Phi) is 2.40. The van der Waals surface area contributed by atoms with Gasteiger partial charge in [0.2, 0.25) is 0 Å². The van der Waals surface area contributed by atoms with Gasteiger partial charge in [-0.05, 0) is 13.3 Å². The van der Waals surface area contributed by atoms with Gasteiger partial charge in [0.05, 0.1) is 16.8 Å². The number of nitrogens with zero attached hydrogens (tertiary/aromatic N) is 1. The number of thiazole rings is 1. The largest absolute Gasteiger partial charge is 0.387 e. The van der Waals surface area contributed by atoms with E-state index in [1.54, 1.807) is 11.3 Å². The average molecular weight is 157 g/mol. The number of hydrogen-bond donors (Lipinski definition) is 1. The predicted octanol–water partition coefficient (Wildman–Crippen LogP) is 1.89. The highest BCUT2D eigenvalue weighted by molar-refractivity contribution is 7.09. The van der Waals surface area contributed by atoms with Crippen molar-refractivity contribution in [2.24, 2.45) is 0 Å². The highest BCUT2D eigenvalue weighted by atomic mass is 32.1. The van der Waals surface area contributed by atoms with Gasteiger partial charge in [0.1, 0.15) is 0 Å². The third-order valence-corrected chi connectivity index (χ3v) is 2.16. The van der Waals surface area contributed by atoms with E-state index in [0.29, 0.717) is 0 Å². The Labute approximate surface area is 64.5 Å². The van der Waals surface area contributed by atoms with Crippen molar-refractivity contribution in [3.8, 4) is 0 Å². The van der Waals surface area contributed by atoms with Crippen LogP contribution in [0.25, 0.3) is 0 Å². The van der Waals surface area contributed by atoms with Gasteiger partial charge in [0.25, 0.3) is 0 Å². The molecule has 1 N–H and O–H groups in total. The second-order valence-electron chi connectivity index (χ2n) is 2.22. The third kappa shape index (κ3) is 1.55. The molecule has 1 aromatic heterocycles. The second kappa shape index (κ2) is 3.12. The molecular weight excluding hydrogens is 146 g/mol. The second-order valence-corrected chi connectivity index (χ2v) is 3.28. The summed E-state index contributed by atoms with van der Waals surface area (Å²) in [5.74, 6) is 0. The summed E-state index contributed by atoms with van der Waals surface area (Å²) in [4.78, 5) is 4.15. The van der Waals surface area contributed by atoms with E-state index in [-0.39, 0.29) is 6.10 Å². The molecule has 1 atom stereocenters. The van der Waals surface area contributed by atoms with Gasteiger partial charge < -0.3 is 5.11 Å². The highest BCUT2D eigenvalue weighted by Crippen LogP contribution is 2.17. The Hall–Kier alpha value is -0.410. The number of aliphatic hydroxyl groups excluding tert-OH is 1. The lowest BCUT2D eigenvalue weighted by Crippen LogP contribution is -1.94. The molecule has 1 unspecified atom stereocenters. The van der Waals surface area contributed by atoms with Gasteiger partial charge in [-0.3, -0.25) is 0 Å². The van der Waals surface area contributed by atoms with Crippen LogP contribution in [0.2, 0.25) is 0 Å². The van der Waals surface area contributed by atoms with Crippen molar-refractivity contribution in [3.05, 3.63) is 16.1 Å². The van der Waals surface area contributed by atoms with Crippen molar-refractivity contribution >= 4 is 11.3 Å². The summed E-state index contributed by atoms with van der Waals surface area (Å²) in [6.07, 6.45) is 0.369. The van der Waals surface area contributed by atoms with Crippen molar-refractivity contribution in [1.82, 2.24) is 4.98 Å². The first-order valence-corrected chi connectivity index (χ1v) is 4.22. The molecule has 0 aromatic carbocycles. The van der Waals surface area contributed by atoms with E-state index in [2.05, 4.69) is 4.98 Å². The van der Waals surface area contributed by atoms with Crippen molar-refractivity contribution < 1.29 is 5.11 Å². The first-order valence-electron chi connectivity index (χ1n) is 3.34. The Morgan fingerprint density at radius 3 is 2.90 bits per heavy atom. The summed E-state index contributed by atoms with van der Waals surface area (Å²) in [6, 6.07) is 0. The minimum atomic E-state index is -0.370. The molecule has 1 heterocycles. The summed E-state index contributed by atoms with van der Waals surface area (Å²) in [6.45, 7) is 3.88. The third-order valence-electron chi connectivity index (χ3n) is 1.36. The summed E-state index contributed by atoms with van der Waals surface area (Å²) >= 11 is 1.58. The Bertz CT molecular complexity index is 209. The predicted molar refractivity (Wildman–Crippen MR) is 42.1 cm³/mol. The highest BCUT2D eigenvalue weighted by Gasteiger charge is 2.06. The van der Waals surface area contributed by atoms with E-state index in [1.165, 1.54) is 0 Å². The van der Waals surface area contributed by atoms with Crippen LogP contribution in [0.1, 0.15) is 30.2 Å². The summed E-state index contributed by atoms with van der Waals surface area (Å²) in [5.41, 5.74) is 0.810. The topological polar surface area (TPSA) is 33.1 Å². The van der Waals surface area contributed by atoms with Crippen LogP contribution in [0.5, 0.6) is 0 Å². The molecule has 0 aliphatic heterocycles. The van der Waals surface area contributed by atoms with Crippen LogP contribution in [0.15, 0.2) is 5.38 Å². The Morgan fingerprint density at radius 1 is 1.80 bits per heavy atom. The zero-order valence-electron chi connectivity index (χ0n) is 6.16. The molecule has 0 bridgehead atoms. The maximum atomic E-state index is 9.29. The number of hydrogen-bond acceptors (Lipinski definition) is 3. The standard InChI is InChI=1S/C7H11NOS/c1-3-7(9)6-4-10-5(2)8-6/h4,7,9H,3H2,1-2H3. The van der Waals surface area contributed by atoms with E-state index in [9.17, 15) is 5.11 Å². The van der Waals surface area contributed by atoms with Gasteiger partial charge in [-0.15, -0.1) is 11.3 Å². The number of rotatable bonds is 2. The molecule has 0 radical (unpaired) electrons. The lowest BCUT2D eigenvalue weighted by Gasteiger charge is -2.00. The van der Waals surface area contributed by atoms with Crippen LogP contribution in [0.4, 0.5) is 0 Å². The zero-order valence-corrected chi connectivity index (χ0v) is 6.98. The van der Waals surface area contributed by atoms with E-state index in [4.69, 9.17) is 0 Å². The smallest absolute Gasteiger partial charge is 0.0965 e. The molecule has 0 saturated heterocycles. The van der Waals surface area contributed by atoms with E-state index in [1.807, 2.05) is 19.2 Å². The van der Waals surface area contributed by atoms with Gasteiger partial charge in [-0.25, -0.2) is 4.98 Å². The van der Waals surface area contributed by atoms with Crippen LogP contribution in [-0.4, -0.2) is 10.1 Å². The molecule has 0 amide bonds. The average Bonchev–Trinajstić information content (AvgIpc) is 2.34. The van der Waals surface area contributed by atoms with Crippen LogP contribution >= 0.6 is 11.3 Å². The Morgan fingerprint density at radius 2 is 2.50 bits per heavy atom. The van der Waals surface area contributed by atoms with Crippen molar-refractivity contribution in [1.29, 1.82) is 0 Å². The summed E-state index contributed by atoms with van der Waals surface area (Å²) in [7, 11) is 0. The molecule has 0 spiro atoms. The molecule has 0 aliphatic carbocycles. The molecule has 10 heavy (non-hydrogen) atoms. The lowest BCUT2D eigenvalue weighted by atomic mass is 10.2. The normalized spacial score (nSPS) is 13.5. The zero-order chi connectivity index (χ0) is 7.56. The number of aryl methyl sites for hydroxylation is 1. The van der Waals surface area contributed by atoms with Gasteiger partial charge in [0.15, 0.2) is 0 Å². The molecule has 1 rings (SSSR count). The Balaban J connectivity index is 2.74. The quantitative estimate of drug-likeness (QED) is 0.711. The first-order chi connectivity index (χ1) is 4.74. The van der Waals surface area contributed by atoms with Gasteiger partial charge >= 0.3 is 0 Å². The van der Waals surface area contributed by atoms with E-state index < -0.39 is 0 Å². The number of aliphatic hydroxyl groups is 1. The minimum Gasteiger partial charge on any atom is -0.387 e. The molecule has 0 fully saturated rings. The first kappa shape index (κ1) is 7.69. The molecule has 2 nitrogen and oxygen atoms in total. The fourth-order valence-electron chi connectivity index (χ4n) is 0.742. The summed E-state index contributed by atoms with van der Waals surface area (Å²) in [5, 5.41) is 12.2. The van der Waals surface area contributed by atoms with Crippen LogP contribution in [-0.2, 0) is 0 Å². The van der Waals surface area contributed by atoms with Gasteiger partial charge in [-0.1, -0.05) is 6.92 Å². The number of aromatic nitrogens is 1. The molecular formula is C7H11NOS. The van der Waals surface area contributed by atoms with Crippen molar-refractivity contribution in [3.63, 3.8) is 0 Å². The van der Waals surface area contributed by atoms with Gasteiger partial charge in [-0.2, -0.15) is 0 Å². The fraction of sp³-hybridized carbons (Fsp3) is 0.571. The molecule has 56 valence electrons. The van der Waals surface area contributed by atoms with Crippen LogP contribution < -0.4 is 0 Å². The van der Waals surface area contributed by atoms with Crippen molar-refractivity contribution in [2.75, 3.05) is 0 Å². The van der Waals surface area contributed by atoms with Gasteiger partial charge in [0, 0.05) is 5.38 Å². The maximum Gasteiger partial charge on any atom is 0.0965 e. The minimum absolute atomic E-state index is 0.370.